The summed E-state index contributed by atoms with van der Waals surface area (Å²) >= 11 is 0. The fourth-order valence-electron chi connectivity index (χ4n) is 1.92. The monoisotopic (exact) mass is 245 g/mol. The van der Waals surface area contributed by atoms with E-state index in [1.807, 2.05) is 45.0 Å². The van der Waals surface area contributed by atoms with Gasteiger partial charge >= 0.3 is 0 Å². The van der Waals surface area contributed by atoms with E-state index in [9.17, 15) is 5.11 Å². The molecule has 1 heterocycles. The van der Waals surface area contributed by atoms with Crippen molar-refractivity contribution in [3.63, 3.8) is 0 Å². The number of benzene rings is 1. The van der Waals surface area contributed by atoms with E-state index in [0.717, 1.165) is 22.2 Å². The van der Waals surface area contributed by atoms with E-state index in [1.165, 1.54) is 0 Å². The van der Waals surface area contributed by atoms with Crippen molar-refractivity contribution in [2.45, 2.75) is 26.9 Å². The van der Waals surface area contributed by atoms with Crippen molar-refractivity contribution in [3.8, 4) is 5.75 Å². The molecule has 0 saturated carbocycles. The van der Waals surface area contributed by atoms with E-state index in [4.69, 9.17) is 4.74 Å². The molecule has 2 aromatic rings. The van der Waals surface area contributed by atoms with Gasteiger partial charge in [-0.05, 0) is 36.6 Å². The van der Waals surface area contributed by atoms with Crippen LogP contribution < -0.4 is 4.74 Å². The molecule has 3 heteroatoms. The SMILES string of the molecule is CCOc1ccc2cc([C@@H](O)C(C)C)cnc2c1. The van der Waals surface area contributed by atoms with Crippen LogP contribution in [0.1, 0.15) is 32.4 Å². The Bertz CT molecular complexity index is 537. The molecule has 1 aromatic carbocycles. The first-order valence-corrected chi connectivity index (χ1v) is 6.32. The van der Waals surface area contributed by atoms with Crippen molar-refractivity contribution in [2.24, 2.45) is 5.92 Å². The number of pyridine rings is 1. The lowest BCUT2D eigenvalue weighted by Crippen LogP contribution is -2.05. The zero-order valence-electron chi connectivity index (χ0n) is 11.1. The Hall–Kier alpha value is -1.61. The van der Waals surface area contributed by atoms with Crippen LogP contribution in [0.3, 0.4) is 0 Å². The summed E-state index contributed by atoms with van der Waals surface area (Å²) in [5, 5.41) is 11.1. The van der Waals surface area contributed by atoms with E-state index in [-0.39, 0.29) is 5.92 Å². The first-order chi connectivity index (χ1) is 8.61. The van der Waals surface area contributed by atoms with Crippen molar-refractivity contribution in [1.82, 2.24) is 4.98 Å². The second kappa shape index (κ2) is 5.36. The molecular formula is C15H19NO2. The van der Waals surface area contributed by atoms with Crippen LogP contribution in [0.4, 0.5) is 0 Å². The number of hydrogen-bond acceptors (Lipinski definition) is 3. The van der Waals surface area contributed by atoms with E-state index in [0.29, 0.717) is 6.61 Å². The van der Waals surface area contributed by atoms with Crippen molar-refractivity contribution in [3.05, 3.63) is 36.0 Å². The van der Waals surface area contributed by atoms with E-state index < -0.39 is 6.10 Å². The lowest BCUT2D eigenvalue weighted by atomic mass is 9.99. The quantitative estimate of drug-likeness (QED) is 0.898. The maximum Gasteiger partial charge on any atom is 0.121 e. The fourth-order valence-corrected chi connectivity index (χ4v) is 1.92. The summed E-state index contributed by atoms with van der Waals surface area (Å²) in [6.45, 7) is 6.59. The Kier molecular flexibility index (Phi) is 3.82. The predicted molar refractivity (Wildman–Crippen MR) is 72.7 cm³/mol. The third kappa shape index (κ3) is 2.62. The number of aromatic nitrogens is 1. The molecule has 1 atom stereocenters. The highest BCUT2D eigenvalue weighted by atomic mass is 16.5. The van der Waals surface area contributed by atoms with Gasteiger partial charge in [-0.2, -0.15) is 0 Å². The van der Waals surface area contributed by atoms with E-state index in [1.54, 1.807) is 6.20 Å². The van der Waals surface area contributed by atoms with Crippen LogP contribution >= 0.6 is 0 Å². The molecule has 96 valence electrons. The van der Waals surface area contributed by atoms with Crippen LogP contribution in [-0.2, 0) is 0 Å². The van der Waals surface area contributed by atoms with Crippen molar-refractivity contribution >= 4 is 10.9 Å². The molecule has 0 fully saturated rings. The van der Waals surface area contributed by atoms with Crippen molar-refractivity contribution < 1.29 is 9.84 Å². The maximum atomic E-state index is 10.0. The molecule has 1 aromatic heterocycles. The average Bonchev–Trinajstić information content (AvgIpc) is 2.37. The number of ether oxygens (including phenoxy) is 1. The zero-order chi connectivity index (χ0) is 13.1. The Balaban J connectivity index is 2.38. The Morgan fingerprint density at radius 2 is 2.06 bits per heavy atom. The van der Waals surface area contributed by atoms with Gasteiger partial charge in [0.1, 0.15) is 5.75 Å². The maximum absolute atomic E-state index is 10.0. The topological polar surface area (TPSA) is 42.4 Å². The van der Waals surface area contributed by atoms with Gasteiger partial charge in [0.05, 0.1) is 18.2 Å². The summed E-state index contributed by atoms with van der Waals surface area (Å²) in [4.78, 5) is 4.39. The summed E-state index contributed by atoms with van der Waals surface area (Å²) in [6, 6.07) is 7.82. The van der Waals surface area contributed by atoms with Gasteiger partial charge in [-0.3, -0.25) is 4.98 Å². The molecule has 0 spiro atoms. The van der Waals surface area contributed by atoms with Crippen LogP contribution in [0.5, 0.6) is 5.75 Å². The fraction of sp³-hybridized carbons (Fsp3) is 0.400. The van der Waals surface area contributed by atoms with Gasteiger partial charge in [-0.1, -0.05) is 13.8 Å². The molecule has 0 aliphatic carbocycles. The normalized spacial score (nSPS) is 12.9. The van der Waals surface area contributed by atoms with Gasteiger partial charge < -0.3 is 9.84 Å². The third-order valence-electron chi connectivity index (χ3n) is 2.96. The highest BCUT2D eigenvalue weighted by molar-refractivity contribution is 5.80. The van der Waals surface area contributed by atoms with Gasteiger partial charge in [-0.25, -0.2) is 0 Å². The molecular weight excluding hydrogens is 226 g/mol. The Labute approximate surface area is 107 Å². The molecule has 2 rings (SSSR count). The van der Waals surface area contributed by atoms with Crippen LogP contribution in [0.15, 0.2) is 30.5 Å². The second-order valence-electron chi connectivity index (χ2n) is 4.75. The molecule has 0 radical (unpaired) electrons. The van der Waals surface area contributed by atoms with Crippen LogP contribution in [0.25, 0.3) is 10.9 Å². The van der Waals surface area contributed by atoms with Crippen molar-refractivity contribution in [2.75, 3.05) is 6.61 Å². The standard InChI is InChI=1S/C15H19NO2/c1-4-18-13-6-5-11-7-12(15(17)10(2)3)9-16-14(11)8-13/h5-10,15,17H,4H2,1-3H3/t15-/m0/s1. The predicted octanol–water partition coefficient (Wildman–Crippen LogP) is 3.32. The van der Waals surface area contributed by atoms with Crippen LogP contribution in [0.2, 0.25) is 0 Å². The average molecular weight is 245 g/mol. The van der Waals surface area contributed by atoms with Crippen molar-refractivity contribution in [1.29, 1.82) is 0 Å². The lowest BCUT2D eigenvalue weighted by molar-refractivity contribution is 0.126. The number of rotatable bonds is 4. The highest BCUT2D eigenvalue weighted by Gasteiger charge is 2.12. The van der Waals surface area contributed by atoms with Gasteiger partial charge in [0.15, 0.2) is 0 Å². The molecule has 18 heavy (non-hydrogen) atoms. The van der Waals surface area contributed by atoms with E-state index in [2.05, 4.69) is 4.98 Å². The number of aliphatic hydroxyl groups is 1. The summed E-state index contributed by atoms with van der Waals surface area (Å²) in [7, 11) is 0. The molecule has 0 bridgehead atoms. The first-order valence-electron chi connectivity index (χ1n) is 6.32. The summed E-state index contributed by atoms with van der Waals surface area (Å²) < 4.78 is 5.44. The molecule has 1 N–H and O–H groups in total. The van der Waals surface area contributed by atoms with E-state index >= 15 is 0 Å². The highest BCUT2D eigenvalue weighted by Crippen LogP contribution is 2.25. The molecule has 3 nitrogen and oxygen atoms in total. The smallest absolute Gasteiger partial charge is 0.121 e. The Morgan fingerprint density at radius 3 is 2.72 bits per heavy atom. The minimum absolute atomic E-state index is 0.187. The van der Waals surface area contributed by atoms with Gasteiger partial charge in [-0.15, -0.1) is 0 Å². The lowest BCUT2D eigenvalue weighted by Gasteiger charge is -2.15. The first kappa shape index (κ1) is 12.8. The third-order valence-corrected chi connectivity index (χ3v) is 2.96. The zero-order valence-corrected chi connectivity index (χ0v) is 11.1. The number of hydrogen-bond donors (Lipinski definition) is 1. The molecule has 0 saturated heterocycles. The minimum Gasteiger partial charge on any atom is -0.494 e. The molecule has 0 amide bonds. The minimum atomic E-state index is -0.464. The number of aliphatic hydroxyl groups excluding tert-OH is 1. The molecule has 0 aliphatic rings. The largest absolute Gasteiger partial charge is 0.494 e. The summed E-state index contributed by atoms with van der Waals surface area (Å²) in [5.74, 6) is 1.02. The van der Waals surface area contributed by atoms with Crippen LogP contribution in [-0.4, -0.2) is 16.7 Å². The van der Waals surface area contributed by atoms with Gasteiger partial charge in [0, 0.05) is 17.6 Å². The summed E-state index contributed by atoms with van der Waals surface area (Å²) in [6.07, 6.45) is 1.27. The molecule has 0 unspecified atom stereocenters. The Morgan fingerprint density at radius 1 is 1.28 bits per heavy atom. The molecule has 0 aliphatic heterocycles. The number of fused-ring (bicyclic) bond motifs is 1. The number of nitrogens with zero attached hydrogens (tertiary/aromatic N) is 1. The van der Waals surface area contributed by atoms with Crippen LogP contribution in [0, 0.1) is 5.92 Å². The van der Waals surface area contributed by atoms with Gasteiger partial charge in [0.25, 0.3) is 0 Å². The van der Waals surface area contributed by atoms with Gasteiger partial charge in [0.2, 0.25) is 0 Å². The second-order valence-corrected chi connectivity index (χ2v) is 4.75. The summed E-state index contributed by atoms with van der Waals surface area (Å²) in [5.41, 5.74) is 1.75.